The van der Waals surface area contributed by atoms with Crippen molar-refractivity contribution in [3.63, 3.8) is 0 Å². The average Bonchev–Trinajstić information content (AvgIpc) is 2.89. The van der Waals surface area contributed by atoms with E-state index in [1.165, 1.54) is 17.1 Å². The Bertz CT molecular complexity index is 930. The minimum Gasteiger partial charge on any atom is -0.358 e. The van der Waals surface area contributed by atoms with E-state index < -0.39 is 12.0 Å². The van der Waals surface area contributed by atoms with Crippen LogP contribution in [0, 0.1) is 6.92 Å². The highest BCUT2D eigenvalue weighted by Crippen LogP contribution is 2.29. The summed E-state index contributed by atoms with van der Waals surface area (Å²) < 4.78 is 38.2. The van der Waals surface area contributed by atoms with Crippen molar-refractivity contribution in [1.82, 2.24) is 19.9 Å². The standard InChI is InChI=1S/C18H17F3N4/c1-11-14(13-4-2-3-5-16(13)23-11)10-25-7-6-15-12(9-25)8-22-17(24-15)18(19,20)21/h2-5,8,23H,6-7,9-10H2,1H3. The number of hydrogen-bond donors (Lipinski definition) is 1. The predicted octanol–water partition coefficient (Wildman–Crippen LogP) is 3.84. The van der Waals surface area contributed by atoms with Crippen LogP contribution in [0.25, 0.3) is 10.9 Å². The highest BCUT2D eigenvalue weighted by atomic mass is 19.4. The van der Waals surface area contributed by atoms with Gasteiger partial charge in [-0.05, 0) is 18.6 Å². The number of aryl methyl sites for hydroxylation is 1. The first-order chi connectivity index (χ1) is 11.9. The molecular formula is C18H17F3N4. The molecule has 3 aromatic rings. The summed E-state index contributed by atoms with van der Waals surface area (Å²) in [5, 5.41) is 1.19. The monoisotopic (exact) mass is 346 g/mol. The van der Waals surface area contributed by atoms with Crippen LogP contribution in [0.5, 0.6) is 0 Å². The van der Waals surface area contributed by atoms with Crippen LogP contribution in [0.15, 0.2) is 30.5 Å². The van der Waals surface area contributed by atoms with Crippen LogP contribution in [-0.2, 0) is 25.7 Å². The van der Waals surface area contributed by atoms with Crippen molar-refractivity contribution >= 4 is 10.9 Å². The third-order valence-corrected chi connectivity index (χ3v) is 4.68. The number of alkyl halides is 3. The molecule has 2 aromatic heterocycles. The Morgan fingerprint density at radius 2 is 2.04 bits per heavy atom. The molecule has 130 valence electrons. The first kappa shape index (κ1) is 16.1. The normalized spacial score (nSPS) is 15.5. The summed E-state index contributed by atoms with van der Waals surface area (Å²) in [4.78, 5) is 12.8. The summed E-state index contributed by atoms with van der Waals surface area (Å²) in [6, 6.07) is 8.14. The summed E-state index contributed by atoms with van der Waals surface area (Å²) in [7, 11) is 0. The molecule has 0 amide bonds. The number of aromatic nitrogens is 3. The van der Waals surface area contributed by atoms with Gasteiger partial charge in [0.05, 0.1) is 5.69 Å². The highest BCUT2D eigenvalue weighted by Gasteiger charge is 2.35. The van der Waals surface area contributed by atoms with E-state index in [1.807, 2.05) is 25.1 Å². The lowest BCUT2D eigenvalue weighted by atomic mass is 10.0. The maximum Gasteiger partial charge on any atom is 0.451 e. The summed E-state index contributed by atoms with van der Waals surface area (Å²) in [5.74, 6) is -1.05. The number of H-pyrrole nitrogens is 1. The van der Waals surface area contributed by atoms with Crippen LogP contribution in [-0.4, -0.2) is 26.4 Å². The zero-order valence-corrected chi connectivity index (χ0v) is 13.7. The minimum atomic E-state index is -4.49. The van der Waals surface area contributed by atoms with E-state index in [-0.39, 0.29) is 0 Å². The summed E-state index contributed by atoms with van der Waals surface area (Å²) in [6.45, 7) is 4.04. The second kappa shape index (κ2) is 5.84. The van der Waals surface area contributed by atoms with Crippen molar-refractivity contribution in [2.24, 2.45) is 0 Å². The van der Waals surface area contributed by atoms with E-state index in [1.54, 1.807) is 0 Å². The smallest absolute Gasteiger partial charge is 0.358 e. The van der Waals surface area contributed by atoms with Crippen molar-refractivity contribution in [1.29, 1.82) is 0 Å². The fourth-order valence-electron chi connectivity index (χ4n) is 3.41. The SMILES string of the molecule is Cc1[nH]c2ccccc2c1CN1CCc2nc(C(F)(F)F)ncc2C1. The predicted molar refractivity (Wildman–Crippen MR) is 87.9 cm³/mol. The van der Waals surface area contributed by atoms with Gasteiger partial charge in [0, 0.05) is 54.4 Å². The van der Waals surface area contributed by atoms with Gasteiger partial charge < -0.3 is 4.98 Å². The topological polar surface area (TPSA) is 44.8 Å². The van der Waals surface area contributed by atoms with Crippen molar-refractivity contribution in [3.8, 4) is 0 Å². The number of nitrogens with one attached hydrogen (secondary N) is 1. The lowest BCUT2D eigenvalue weighted by Crippen LogP contribution is -2.31. The Morgan fingerprint density at radius 1 is 1.24 bits per heavy atom. The number of halogens is 3. The van der Waals surface area contributed by atoms with E-state index in [9.17, 15) is 13.2 Å². The molecule has 0 fully saturated rings. The van der Waals surface area contributed by atoms with Crippen LogP contribution >= 0.6 is 0 Å². The van der Waals surface area contributed by atoms with Crippen molar-refractivity contribution in [2.45, 2.75) is 32.6 Å². The number of benzene rings is 1. The molecule has 1 N–H and O–H groups in total. The number of rotatable bonds is 2. The maximum absolute atomic E-state index is 12.7. The Balaban J connectivity index is 1.57. The largest absolute Gasteiger partial charge is 0.451 e. The van der Waals surface area contributed by atoms with Gasteiger partial charge in [-0.1, -0.05) is 18.2 Å². The van der Waals surface area contributed by atoms with E-state index in [4.69, 9.17) is 0 Å². The first-order valence-corrected chi connectivity index (χ1v) is 8.12. The number of hydrogen-bond acceptors (Lipinski definition) is 3. The number of para-hydroxylation sites is 1. The van der Waals surface area contributed by atoms with E-state index >= 15 is 0 Å². The van der Waals surface area contributed by atoms with Crippen molar-refractivity contribution < 1.29 is 13.2 Å². The molecule has 1 aliphatic rings. The first-order valence-electron chi connectivity index (χ1n) is 8.12. The molecule has 3 heterocycles. The number of nitrogens with zero attached hydrogens (tertiary/aromatic N) is 3. The molecule has 0 unspecified atom stereocenters. The average molecular weight is 346 g/mol. The molecule has 25 heavy (non-hydrogen) atoms. The summed E-state index contributed by atoms with van der Waals surface area (Å²) >= 11 is 0. The Labute approximate surface area is 142 Å². The van der Waals surface area contributed by atoms with Crippen LogP contribution < -0.4 is 0 Å². The summed E-state index contributed by atoms with van der Waals surface area (Å²) in [5.41, 5.74) is 4.74. The molecule has 0 atom stereocenters. The van der Waals surface area contributed by atoms with Crippen molar-refractivity contribution in [2.75, 3.05) is 6.54 Å². The number of fused-ring (bicyclic) bond motifs is 2. The van der Waals surface area contributed by atoms with Gasteiger partial charge in [0.25, 0.3) is 0 Å². The second-order valence-corrected chi connectivity index (χ2v) is 6.40. The Kier molecular flexibility index (Phi) is 3.76. The fourth-order valence-corrected chi connectivity index (χ4v) is 3.41. The lowest BCUT2D eigenvalue weighted by Gasteiger charge is -2.28. The van der Waals surface area contributed by atoms with Gasteiger partial charge in [0.2, 0.25) is 5.82 Å². The molecule has 1 aromatic carbocycles. The Morgan fingerprint density at radius 3 is 2.84 bits per heavy atom. The Hall–Kier alpha value is -2.41. The lowest BCUT2D eigenvalue weighted by molar-refractivity contribution is -0.145. The zero-order valence-electron chi connectivity index (χ0n) is 13.7. The van der Waals surface area contributed by atoms with E-state index in [2.05, 4.69) is 25.9 Å². The molecule has 0 aliphatic carbocycles. The second-order valence-electron chi connectivity index (χ2n) is 6.40. The molecule has 0 spiro atoms. The van der Waals surface area contributed by atoms with E-state index in [0.717, 1.165) is 23.3 Å². The fraction of sp³-hybridized carbons (Fsp3) is 0.333. The van der Waals surface area contributed by atoms with Crippen LogP contribution in [0.4, 0.5) is 13.2 Å². The molecule has 1 aliphatic heterocycles. The highest BCUT2D eigenvalue weighted by molar-refractivity contribution is 5.84. The maximum atomic E-state index is 12.7. The van der Waals surface area contributed by atoms with E-state index in [0.29, 0.717) is 25.2 Å². The quantitative estimate of drug-likeness (QED) is 0.767. The van der Waals surface area contributed by atoms with Gasteiger partial charge in [-0.2, -0.15) is 13.2 Å². The molecule has 0 saturated carbocycles. The number of aromatic amines is 1. The molecule has 4 rings (SSSR count). The van der Waals surface area contributed by atoms with Crippen LogP contribution in [0.1, 0.15) is 28.3 Å². The van der Waals surface area contributed by atoms with Crippen LogP contribution in [0.3, 0.4) is 0 Å². The molecule has 0 radical (unpaired) electrons. The van der Waals surface area contributed by atoms with Crippen LogP contribution in [0.2, 0.25) is 0 Å². The van der Waals surface area contributed by atoms with Gasteiger partial charge >= 0.3 is 6.18 Å². The molecular weight excluding hydrogens is 329 g/mol. The molecule has 7 heteroatoms. The third-order valence-electron chi connectivity index (χ3n) is 4.68. The molecule has 0 bridgehead atoms. The zero-order chi connectivity index (χ0) is 17.6. The van der Waals surface area contributed by atoms with Gasteiger partial charge in [-0.25, -0.2) is 9.97 Å². The minimum absolute atomic E-state index is 0.502. The van der Waals surface area contributed by atoms with Gasteiger partial charge in [0.1, 0.15) is 0 Å². The van der Waals surface area contributed by atoms with Crippen molar-refractivity contribution in [3.05, 3.63) is 58.8 Å². The molecule has 4 nitrogen and oxygen atoms in total. The van der Waals surface area contributed by atoms with Gasteiger partial charge in [-0.3, -0.25) is 4.90 Å². The third kappa shape index (κ3) is 3.00. The summed E-state index contributed by atoms with van der Waals surface area (Å²) in [6.07, 6.45) is -2.67. The molecule has 0 saturated heterocycles. The van der Waals surface area contributed by atoms with Gasteiger partial charge in [0.15, 0.2) is 0 Å². The van der Waals surface area contributed by atoms with Gasteiger partial charge in [-0.15, -0.1) is 0 Å².